The number of carbonyl (C=O) groups excluding carboxylic acids is 2. The Hall–Kier alpha value is -3.19. The van der Waals surface area contributed by atoms with Crippen molar-refractivity contribution in [2.75, 3.05) is 17.7 Å². The van der Waals surface area contributed by atoms with E-state index in [1.165, 1.54) is 11.8 Å². The number of nitrogens with one attached hydrogen (secondary N) is 1. The Morgan fingerprint density at radius 1 is 1.00 bits per heavy atom. The lowest BCUT2D eigenvalue weighted by atomic mass is 10.1. The maximum Gasteiger partial charge on any atom is 0.340 e. The van der Waals surface area contributed by atoms with Crippen molar-refractivity contribution in [3.63, 3.8) is 0 Å². The Bertz CT molecular complexity index is 1010. The second-order valence-corrected chi connectivity index (χ2v) is 7.17. The minimum Gasteiger partial charge on any atom is -0.462 e. The molecule has 148 valence electrons. The van der Waals surface area contributed by atoms with E-state index in [2.05, 4.69) is 15.5 Å². The van der Waals surface area contributed by atoms with Crippen molar-refractivity contribution in [2.45, 2.75) is 18.9 Å². The zero-order valence-corrected chi connectivity index (χ0v) is 17.0. The number of hydrogen-bond acceptors (Lipinski definition) is 6. The zero-order chi connectivity index (χ0) is 20.6. The number of hydrogen-bond donors (Lipinski definition) is 1. The minimum absolute atomic E-state index is 0.148. The highest BCUT2D eigenvalue weighted by Crippen LogP contribution is 2.23. The van der Waals surface area contributed by atoms with Gasteiger partial charge in [-0.15, -0.1) is 10.2 Å². The Kier molecular flexibility index (Phi) is 6.97. The van der Waals surface area contributed by atoms with E-state index in [-0.39, 0.29) is 18.3 Å². The topological polar surface area (TPSA) is 81.2 Å². The van der Waals surface area contributed by atoms with Gasteiger partial charge in [-0.25, -0.2) is 4.79 Å². The maximum absolute atomic E-state index is 12.3. The van der Waals surface area contributed by atoms with Gasteiger partial charge < -0.3 is 10.1 Å². The van der Waals surface area contributed by atoms with Crippen LogP contribution in [0.15, 0.2) is 65.7 Å². The molecular formula is C22H21N3O3S. The van der Waals surface area contributed by atoms with Crippen molar-refractivity contribution in [1.82, 2.24) is 10.2 Å². The number of aromatic nitrogens is 2. The van der Waals surface area contributed by atoms with Crippen molar-refractivity contribution in [1.29, 1.82) is 0 Å². The number of nitrogens with zero attached hydrogens (tertiary/aromatic N) is 2. The highest BCUT2D eigenvalue weighted by atomic mass is 32.2. The van der Waals surface area contributed by atoms with Crippen molar-refractivity contribution in [2.24, 2.45) is 0 Å². The first-order valence-corrected chi connectivity index (χ1v) is 10.2. The molecule has 1 heterocycles. The van der Waals surface area contributed by atoms with Crippen LogP contribution < -0.4 is 5.32 Å². The molecule has 0 unspecified atom stereocenters. The Labute approximate surface area is 173 Å². The predicted molar refractivity (Wildman–Crippen MR) is 114 cm³/mol. The lowest BCUT2D eigenvalue weighted by Gasteiger charge is -2.10. The van der Waals surface area contributed by atoms with Gasteiger partial charge in [-0.2, -0.15) is 0 Å². The molecule has 0 aliphatic rings. The molecule has 6 nitrogen and oxygen atoms in total. The molecule has 0 fully saturated rings. The van der Waals surface area contributed by atoms with Gasteiger partial charge in [0.25, 0.3) is 0 Å². The van der Waals surface area contributed by atoms with Crippen LogP contribution in [0.5, 0.6) is 0 Å². The molecule has 0 atom stereocenters. The van der Waals surface area contributed by atoms with Gasteiger partial charge in [-0.05, 0) is 43.7 Å². The second-order valence-electron chi connectivity index (χ2n) is 6.17. The van der Waals surface area contributed by atoms with Gasteiger partial charge in [0, 0.05) is 5.56 Å². The van der Waals surface area contributed by atoms with Crippen molar-refractivity contribution in [3.05, 3.63) is 71.8 Å². The molecule has 0 radical (unpaired) electrons. The van der Waals surface area contributed by atoms with E-state index in [1.807, 2.05) is 43.3 Å². The summed E-state index contributed by atoms with van der Waals surface area (Å²) in [4.78, 5) is 24.3. The number of para-hydroxylation sites is 1. The van der Waals surface area contributed by atoms with E-state index in [0.717, 1.165) is 16.8 Å². The number of ether oxygens (including phenoxy) is 1. The summed E-state index contributed by atoms with van der Waals surface area (Å²) in [6.07, 6.45) is 0. The van der Waals surface area contributed by atoms with Gasteiger partial charge in [-0.1, -0.05) is 48.2 Å². The van der Waals surface area contributed by atoms with Gasteiger partial charge in [0.2, 0.25) is 5.91 Å². The van der Waals surface area contributed by atoms with Crippen LogP contribution in [0.25, 0.3) is 11.3 Å². The van der Waals surface area contributed by atoms with Crippen LogP contribution >= 0.6 is 11.8 Å². The molecule has 1 amide bonds. The number of aryl methyl sites for hydroxylation is 1. The summed E-state index contributed by atoms with van der Waals surface area (Å²) in [5.74, 6) is -0.555. The lowest BCUT2D eigenvalue weighted by molar-refractivity contribution is -0.113. The molecule has 0 saturated heterocycles. The fourth-order valence-electron chi connectivity index (χ4n) is 2.71. The predicted octanol–water partition coefficient (Wildman–Crippen LogP) is 4.36. The van der Waals surface area contributed by atoms with Crippen LogP contribution in [0.4, 0.5) is 5.69 Å². The SMILES string of the molecule is CCOC(=O)c1ccccc1NC(=O)CSc1ccc(-c2ccccc2C)nn1. The first-order valence-electron chi connectivity index (χ1n) is 9.17. The van der Waals surface area contributed by atoms with Crippen LogP contribution in [-0.4, -0.2) is 34.4 Å². The van der Waals surface area contributed by atoms with Gasteiger partial charge in [0.1, 0.15) is 5.03 Å². The third-order valence-electron chi connectivity index (χ3n) is 4.11. The van der Waals surface area contributed by atoms with Crippen LogP contribution in [0.3, 0.4) is 0 Å². The van der Waals surface area contributed by atoms with E-state index in [0.29, 0.717) is 16.3 Å². The molecule has 1 aromatic heterocycles. The van der Waals surface area contributed by atoms with Crippen molar-refractivity contribution in [3.8, 4) is 11.3 Å². The molecule has 7 heteroatoms. The largest absolute Gasteiger partial charge is 0.462 e. The first-order chi connectivity index (χ1) is 14.1. The summed E-state index contributed by atoms with van der Waals surface area (Å²) < 4.78 is 5.02. The number of esters is 1. The smallest absolute Gasteiger partial charge is 0.340 e. The highest BCUT2D eigenvalue weighted by Gasteiger charge is 2.14. The monoisotopic (exact) mass is 407 g/mol. The lowest BCUT2D eigenvalue weighted by Crippen LogP contribution is -2.17. The number of carbonyl (C=O) groups is 2. The number of thioether (sulfide) groups is 1. The van der Waals surface area contributed by atoms with Gasteiger partial charge in [-0.3, -0.25) is 4.79 Å². The van der Waals surface area contributed by atoms with Crippen LogP contribution in [0, 0.1) is 6.92 Å². The quantitative estimate of drug-likeness (QED) is 0.463. The van der Waals surface area contributed by atoms with E-state index in [1.54, 1.807) is 31.2 Å². The Morgan fingerprint density at radius 3 is 2.48 bits per heavy atom. The van der Waals surface area contributed by atoms with Gasteiger partial charge >= 0.3 is 5.97 Å². The molecular weight excluding hydrogens is 386 g/mol. The Morgan fingerprint density at radius 2 is 1.76 bits per heavy atom. The fraction of sp³-hybridized carbons (Fsp3) is 0.182. The number of rotatable bonds is 7. The standard InChI is InChI=1S/C22H21N3O3S/c1-3-28-22(27)17-10-6-7-11-18(17)23-20(26)14-29-21-13-12-19(24-25-21)16-9-5-4-8-15(16)2/h4-13H,3,14H2,1-2H3,(H,23,26). The Balaban J connectivity index is 1.60. The molecule has 0 spiro atoms. The molecule has 3 rings (SSSR count). The summed E-state index contributed by atoms with van der Waals surface area (Å²) in [5.41, 5.74) is 3.71. The average Bonchev–Trinajstić information content (AvgIpc) is 2.74. The van der Waals surface area contributed by atoms with E-state index in [4.69, 9.17) is 4.74 Å². The highest BCUT2D eigenvalue weighted by molar-refractivity contribution is 7.99. The van der Waals surface area contributed by atoms with Crippen LogP contribution in [0.2, 0.25) is 0 Å². The molecule has 2 aromatic carbocycles. The normalized spacial score (nSPS) is 10.4. The molecule has 29 heavy (non-hydrogen) atoms. The average molecular weight is 407 g/mol. The van der Waals surface area contributed by atoms with Crippen LogP contribution in [-0.2, 0) is 9.53 Å². The van der Waals surface area contributed by atoms with Gasteiger partial charge in [0.05, 0.1) is 29.3 Å². The van der Waals surface area contributed by atoms with Gasteiger partial charge in [0.15, 0.2) is 0 Å². The number of benzene rings is 2. The molecule has 0 aliphatic heterocycles. The molecule has 0 saturated carbocycles. The summed E-state index contributed by atoms with van der Waals surface area (Å²) in [6, 6.07) is 18.5. The summed E-state index contributed by atoms with van der Waals surface area (Å²) in [7, 11) is 0. The fourth-order valence-corrected chi connectivity index (χ4v) is 3.32. The molecule has 1 N–H and O–H groups in total. The maximum atomic E-state index is 12.3. The molecule has 0 bridgehead atoms. The van der Waals surface area contributed by atoms with E-state index >= 15 is 0 Å². The summed E-state index contributed by atoms with van der Waals surface area (Å²) in [5, 5.41) is 11.9. The molecule has 3 aromatic rings. The number of amides is 1. The van der Waals surface area contributed by atoms with E-state index < -0.39 is 5.97 Å². The first kappa shape index (κ1) is 20.5. The van der Waals surface area contributed by atoms with Crippen LogP contribution in [0.1, 0.15) is 22.8 Å². The summed E-state index contributed by atoms with van der Waals surface area (Å²) in [6.45, 7) is 4.04. The van der Waals surface area contributed by atoms with Crippen molar-refractivity contribution >= 4 is 29.3 Å². The third kappa shape index (κ3) is 5.42. The van der Waals surface area contributed by atoms with E-state index in [9.17, 15) is 9.59 Å². The minimum atomic E-state index is -0.464. The number of anilines is 1. The molecule has 0 aliphatic carbocycles. The third-order valence-corrected chi connectivity index (χ3v) is 5.03. The zero-order valence-electron chi connectivity index (χ0n) is 16.2. The summed E-state index contributed by atoms with van der Waals surface area (Å²) >= 11 is 1.28. The second kappa shape index (κ2) is 9.84. The van der Waals surface area contributed by atoms with Crippen molar-refractivity contribution < 1.29 is 14.3 Å².